The fourth-order valence-corrected chi connectivity index (χ4v) is 1.82. The van der Waals surface area contributed by atoms with Crippen LogP contribution in [0.25, 0.3) is 17.1 Å². The molecule has 0 bridgehead atoms. The lowest BCUT2D eigenvalue weighted by Gasteiger charge is -2.11. The molecule has 0 saturated carbocycles. The van der Waals surface area contributed by atoms with Gasteiger partial charge in [-0.2, -0.15) is 4.98 Å². The Hall–Kier alpha value is -2.82. The Morgan fingerprint density at radius 1 is 0.842 bits per heavy atom. The van der Waals surface area contributed by atoms with Crippen LogP contribution in [-0.4, -0.2) is 19.5 Å². The molecular formula is C14H10N4O. The molecule has 0 aliphatic heterocycles. The second-order valence-electron chi connectivity index (χ2n) is 3.90. The first-order valence-electron chi connectivity index (χ1n) is 5.75. The lowest BCUT2D eigenvalue weighted by atomic mass is 10.2. The predicted molar refractivity (Wildman–Crippen MR) is 70.9 cm³/mol. The molecule has 0 spiro atoms. The minimum Gasteiger partial charge on any atom is -0.301 e. The van der Waals surface area contributed by atoms with Gasteiger partial charge in [0.2, 0.25) is 0 Å². The number of hydrogen-bond donors (Lipinski definition) is 0. The molecule has 0 aliphatic rings. The zero-order valence-electron chi connectivity index (χ0n) is 9.97. The summed E-state index contributed by atoms with van der Waals surface area (Å²) in [4.78, 5) is 23.5. The monoisotopic (exact) mass is 250 g/mol. The van der Waals surface area contributed by atoms with Gasteiger partial charge in [0.1, 0.15) is 5.82 Å². The van der Waals surface area contributed by atoms with Gasteiger partial charge in [0.25, 0.3) is 5.56 Å². The van der Waals surface area contributed by atoms with Crippen LogP contribution in [0.5, 0.6) is 0 Å². The van der Waals surface area contributed by atoms with Gasteiger partial charge in [0.05, 0.1) is 5.69 Å². The minimum atomic E-state index is -0.267. The van der Waals surface area contributed by atoms with E-state index in [0.717, 1.165) is 11.3 Å². The summed E-state index contributed by atoms with van der Waals surface area (Å²) in [7, 11) is 0. The summed E-state index contributed by atoms with van der Waals surface area (Å²) in [5.74, 6) is 0.584. The van der Waals surface area contributed by atoms with E-state index in [1.165, 1.54) is 6.07 Å². The second-order valence-corrected chi connectivity index (χ2v) is 3.90. The summed E-state index contributed by atoms with van der Waals surface area (Å²) in [5.41, 5.74) is 1.47. The molecule has 0 radical (unpaired) electrons. The van der Waals surface area contributed by atoms with Gasteiger partial charge < -0.3 is 4.57 Å². The molecule has 3 aromatic heterocycles. The molecule has 5 nitrogen and oxygen atoms in total. The molecule has 3 aromatic rings. The van der Waals surface area contributed by atoms with Crippen LogP contribution < -0.4 is 5.56 Å². The number of rotatable bonds is 2. The fraction of sp³-hybridized carbons (Fsp3) is 0. The minimum absolute atomic E-state index is 0.267. The van der Waals surface area contributed by atoms with Crippen molar-refractivity contribution in [2.24, 2.45) is 0 Å². The van der Waals surface area contributed by atoms with Crippen LogP contribution in [0.1, 0.15) is 0 Å². The van der Waals surface area contributed by atoms with Gasteiger partial charge in [-0.25, -0.2) is 0 Å². The normalized spacial score (nSPS) is 10.3. The van der Waals surface area contributed by atoms with E-state index in [-0.39, 0.29) is 5.56 Å². The Bertz CT molecular complexity index is 738. The number of pyridine rings is 2. The Labute approximate surface area is 109 Å². The maximum atomic E-state index is 11.5. The van der Waals surface area contributed by atoms with Crippen molar-refractivity contribution in [2.45, 2.75) is 0 Å². The van der Waals surface area contributed by atoms with Crippen molar-refractivity contribution in [3.05, 3.63) is 71.7 Å². The van der Waals surface area contributed by atoms with Gasteiger partial charge in [-0.15, -0.1) is 0 Å². The van der Waals surface area contributed by atoms with Crippen LogP contribution >= 0.6 is 0 Å². The van der Waals surface area contributed by atoms with Crippen molar-refractivity contribution in [3.8, 4) is 17.1 Å². The van der Waals surface area contributed by atoms with E-state index in [1.54, 1.807) is 31.0 Å². The topological polar surface area (TPSA) is 60.7 Å². The van der Waals surface area contributed by atoms with Crippen LogP contribution in [0.4, 0.5) is 0 Å². The van der Waals surface area contributed by atoms with Gasteiger partial charge in [0, 0.05) is 42.6 Å². The predicted octanol–water partition coefficient (Wildman–Crippen LogP) is 1.69. The second kappa shape index (κ2) is 4.81. The summed E-state index contributed by atoms with van der Waals surface area (Å²) in [6.45, 7) is 0. The van der Waals surface area contributed by atoms with Crippen molar-refractivity contribution in [1.29, 1.82) is 0 Å². The molecule has 92 valence electrons. The van der Waals surface area contributed by atoms with E-state index >= 15 is 0 Å². The van der Waals surface area contributed by atoms with E-state index in [2.05, 4.69) is 15.0 Å². The zero-order valence-corrected chi connectivity index (χ0v) is 9.97. The zero-order chi connectivity index (χ0) is 13.1. The lowest BCUT2D eigenvalue weighted by Crippen LogP contribution is -2.12. The van der Waals surface area contributed by atoms with E-state index in [1.807, 2.05) is 28.8 Å². The highest BCUT2D eigenvalue weighted by Gasteiger charge is 2.07. The van der Waals surface area contributed by atoms with Crippen LogP contribution in [0.2, 0.25) is 0 Å². The molecule has 0 aromatic carbocycles. The first kappa shape index (κ1) is 11.3. The first-order chi connectivity index (χ1) is 9.34. The summed E-state index contributed by atoms with van der Waals surface area (Å²) in [5, 5.41) is 0. The van der Waals surface area contributed by atoms with Gasteiger partial charge in [-0.1, -0.05) is 0 Å². The molecule has 3 heterocycles. The average Bonchev–Trinajstić information content (AvgIpc) is 2.49. The van der Waals surface area contributed by atoms with Crippen molar-refractivity contribution in [2.75, 3.05) is 0 Å². The van der Waals surface area contributed by atoms with E-state index in [0.29, 0.717) is 5.82 Å². The highest BCUT2D eigenvalue weighted by Crippen LogP contribution is 2.18. The maximum absolute atomic E-state index is 11.5. The van der Waals surface area contributed by atoms with Crippen molar-refractivity contribution in [3.63, 3.8) is 0 Å². The molecular weight excluding hydrogens is 240 g/mol. The van der Waals surface area contributed by atoms with Crippen LogP contribution in [0.3, 0.4) is 0 Å². The third kappa shape index (κ3) is 2.26. The van der Waals surface area contributed by atoms with Gasteiger partial charge in [0.15, 0.2) is 0 Å². The first-order valence-corrected chi connectivity index (χ1v) is 5.75. The van der Waals surface area contributed by atoms with Crippen LogP contribution in [-0.2, 0) is 0 Å². The lowest BCUT2D eigenvalue weighted by molar-refractivity contribution is 0.971. The number of hydrogen-bond acceptors (Lipinski definition) is 4. The van der Waals surface area contributed by atoms with Crippen molar-refractivity contribution in [1.82, 2.24) is 19.5 Å². The van der Waals surface area contributed by atoms with Gasteiger partial charge in [-0.3, -0.25) is 14.8 Å². The fourth-order valence-electron chi connectivity index (χ4n) is 1.82. The molecule has 5 heteroatoms. The van der Waals surface area contributed by atoms with Gasteiger partial charge >= 0.3 is 0 Å². The molecule has 19 heavy (non-hydrogen) atoms. The Kier molecular flexibility index (Phi) is 2.86. The molecule has 0 saturated heterocycles. The highest BCUT2D eigenvalue weighted by atomic mass is 16.1. The summed E-state index contributed by atoms with van der Waals surface area (Å²) in [6, 6.07) is 8.79. The van der Waals surface area contributed by atoms with Crippen molar-refractivity contribution < 1.29 is 0 Å². The van der Waals surface area contributed by atoms with E-state index in [9.17, 15) is 4.79 Å². The van der Waals surface area contributed by atoms with Gasteiger partial charge in [-0.05, 0) is 24.3 Å². The summed E-state index contributed by atoms with van der Waals surface area (Å²) in [6.07, 6.45) is 8.45. The number of nitrogens with zero attached hydrogens (tertiary/aromatic N) is 4. The third-order valence-electron chi connectivity index (χ3n) is 2.69. The largest absolute Gasteiger partial charge is 0.301 e. The summed E-state index contributed by atoms with van der Waals surface area (Å²) < 4.78 is 1.85. The average molecular weight is 250 g/mol. The van der Waals surface area contributed by atoms with Crippen LogP contribution in [0.15, 0.2) is 66.1 Å². The van der Waals surface area contributed by atoms with E-state index < -0.39 is 0 Å². The standard InChI is InChI=1S/C14H10N4O/c19-13-5-10-18(12-3-8-16-9-4-12)14(17-13)11-1-6-15-7-2-11/h1-10H. The molecule has 0 N–H and O–H groups in total. The molecule has 0 fully saturated rings. The molecule has 0 atom stereocenters. The molecule has 3 rings (SSSR count). The molecule has 0 amide bonds. The maximum Gasteiger partial charge on any atom is 0.273 e. The third-order valence-corrected chi connectivity index (χ3v) is 2.69. The summed E-state index contributed by atoms with van der Waals surface area (Å²) >= 11 is 0. The Morgan fingerprint density at radius 3 is 2.16 bits per heavy atom. The SMILES string of the molecule is O=c1ccn(-c2ccncc2)c(-c2ccncc2)n1. The Balaban J connectivity index is 2.24. The van der Waals surface area contributed by atoms with Crippen molar-refractivity contribution >= 4 is 0 Å². The van der Waals surface area contributed by atoms with E-state index in [4.69, 9.17) is 0 Å². The molecule has 0 unspecified atom stereocenters. The number of aromatic nitrogens is 4. The highest BCUT2D eigenvalue weighted by molar-refractivity contribution is 5.57. The quantitative estimate of drug-likeness (QED) is 0.694. The smallest absolute Gasteiger partial charge is 0.273 e. The Morgan fingerprint density at radius 2 is 1.47 bits per heavy atom. The molecule has 0 aliphatic carbocycles. The van der Waals surface area contributed by atoms with Crippen LogP contribution in [0, 0.1) is 0 Å².